The Kier molecular flexibility index (Phi) is 3.01. The minimum absolute atomic E-state index is 0.0178. The summed E-state index contributed by atoms with van der Waals surface area (Å²) in [7, 11) is 0. The van der Waals surface area contributed by atoms with E-state index in [-0.39, 0.29) is 5.54 Å². The molecule has 50 valence electrons. The highest BCUT2D eigenvalue weighted by molar-refractivity contribution is 5.50. The maximum Gasteiger partial charge on any atom is 0.0624 e. The van der Waals surface area contributed by atoms with Crippen molar-refractivity contribution in [3.8, 4) is 0 Å². The third kappa shape index (κ3) is 7.23. The molecule has 0 aliphatic rings. The zero-order valence-corrected chi connectivity index (χ0v) is 6.52. The quantitative estimate of drug-likeness (QED) is 0.346. The highest BCUT2D eigenvalue weighted by Crippen LogP contribution is 2.03. The van der Waals surface area contributed by atoms with Crippen LogP contribution in [0.2, 0.25) is 0 Å². The van der Waals surface area contributed by atoms with E-state index >= 15 is 0 Å². The lowest BCUT2D eigenvalue weighted by Crippen LogP contribution is -2.07. The molecule has 0 rings (SSSR count). The summed E-state index contributed by atoms with van der Waals surface area (Å²) in [5.41, 5.74) is 2.75. The van der Waals surface area contributed by atoms with Gasteiger partial charge in [0.1, 0.15) is 0 Å². The highest BCUT2D eigenvalue weighted by atomic mass is 14.8. The van der Waals surface area contributed by atoms with Crippen LogP contribution in [-0.4, -0.2) is 11.4 Å². The van der Waals surface area contributed by atoms with Crippen LogP contribution in [0, 0.1) is 0 Å². The standard InChI is InChI=1S/C8H13N/c1-5-6-7-9-8(2,3)4/h5H,1-4H3. The van der Waals surface area contributed by atoms with Gasteiger partial charge in [0.25, 0.3) is 0 Å². The molecule has 0 heterocycles. The first-order valence-corrected chi connectivity index (χ1v) is 3.06. The SMILES string of the molecule is CC=C=C=NC(C)(C)C. The van der Waals surface area contributed by atoms with Crippen molar-refractivity contribution >= 4 is 5.87 Å². The molecule has 0 N–H and O–H groups in total. The van der Waals surface area contributed by atoms with Crippen LogP contribution in [0.25, 0.3) is 0 Å². The number of nitrogens with zero attached hydrogens (tertiary/aromatic N) is 1. The molecule has 1 nitrogen and oxygen atoms in total. The minimum atomic E-state index is -0.0178. The van der Waals surface area contributed by atoms with Crippen molar-refractivity contribution in [2.75, 3.05) is 0 Å². The number of aliphatic imine (C=N–C) groups is 1. The van der Waals surface area contributed by atoms with Crippen molar-refractivity contribution in [1.82, 2.24) is 0 Å². The maximum atomic E-state index is 4.05. The van der Waals surface area contributed by atoms with Gasteiger partial charge in [-0.1, -0.05) is 5.73 Å². The van der Waals surface area contributed by atoms with E-state index in [1.807, 2.05) is 27.7 Å². The Bertz CT molecular complexity index is 159. The van der Waals surface area contributed by atoms with Gasteiger partial charge in [-0.25, -0.2) is 4.99 Å². The fourth-order valence-corrected chi connectivity index (χ4v) is 0.265. The molecule has 0 aromatic rings. The third-order valence-electron chi connectivity index (χ3n) is 0.600. The largest absolute Gasteiger partial charge is 0.229 e. The molecule has 0 atom stereocenters. The molecule has 0 saturated heterocycles. The summed E-state index contributed by atoms with van der Waals surface area (Å²) in [6, 6.07) is 0. The van der Waals surface area contributed by atoms with E-state index in [0.29, 0.717) is 0 Å². The number of allylic oxidation sites excluding steroid dienone is 1. The second-order valence-corrected chi connectivity index (χ2v) is 2.83. The Balaban J connectivity index is 4.17. The Hall–Kier alpha value is -0.770. The molecule has 0 aromatic heterocycles. The minimum Gasteiger partial charge on any atom is -0.229 e. The molecular formula is C8H13N. The van der Waals surface area contributed by atoms with Gasteiger partial charge in [-0.15, -0.1) is 0 Å². The molecule has 0 spiro atoms. The molecule has 9 heavy (non-hydrogen) atoms. The van der Waals surface area contributed by atoms with Crippen LogP contribution >= 0.6 is 0 Å². The van der Waals surface area contributed by atoms with Crippen LogP contribution < -0.4 is 0 Å². The van der Waals surface area contributed by atoms with Gasteiger partial charge in [0.2, 0.25) is 0 Å². The zero-order chi connectivity index (χ0) is 7.33. The first-order chi connectivity index (χ1) is 4.06. The molecule has 0 radical (unpaired) electrons. The molecule has 0 unspecified atom stereocenters. The molecular weight excluding hydrogens is 110 g/mol. The van der Waals surface area contributed by atoms with Gasteiger partial charge < -0.3 is 0 Å². The summed E-state index contributed by atoms with van der Waals surface area (Å²) >= 11 is 0. The summed E-state index contributed by atoms with van der Waals surface area (Å²) in [6.07, 6.45) is 1.79. The topological polar surface area (TPSA) is 12.4 Å². The summed E-state index contributed by atoms with van der Waals surface area (Å²) in [4.78, 5) is 4.05. The lowest BCUT2D eigenvalue weighted by Gasteiger charge is -2.06. The Morgan fingerprint density at radius 1 is 1.33 bits per heavy atom. The van der Waals surface area contributed by atoms with Gasteiger partial charge in [0.15, 0.2) is 0 Å². The first kappa shape index (κ1) is 8.23. The van der Waals surface area contributed by atoms with Crippen LogP contribution in [0.15, 0.2) is 16.8 Å². The Labute approximate surface area is 56.8 Å². The van der Waals surface area contributed by atoms with E-state index in [1.165, 1.54) is 0 Å². The van der Waals surface area contributed by atoms with Gasteiger partial charge in [-0.2, -0.15) is 0 Å². The molecule has 0 bridgehead atoms. The second-order valence-electron chi connectivity index (χ2n) is 2.83. The molecule has 1 heteroatoms. The lowest BCUT2D eigenvalue weighted by molar-refractivity contribution is 0.588. The van der Waals surface area contributed by atoms with Crippen molar-refractivity contribution < 1.29 is 0 Å². The van der Waals surface area contributed by atoms with Crippen molar-refractivity contribution in [3.63, 3.8) is 0 Å². The smallest absolute Gasteiger partial charge is 0.0624 e. The molecule has 0 amide bonds. The van der Waals surface area contributed by atoms with Gasteiger partial charge in [-0.3, -0.25) is 0 Å². The van der Waals surface area contributed by atoms with Crippen LogP contribution in [0.1, 0.15) is 27.7 Å². The normalized spacial score (nSPS) is 9.33. The van der Waals surface area contributed by atoms with E-state index < -0.39 is 0 Å². The van der Waals surface area contributed by atoms with E-state index in [1.54, 1.807) is 6.08 Å². The Morgan fingerprint density at radius 3 is 2.22 bits per heavy atom. The first-order valence-electron chi connectivity index (χ1n) is 3.06. The van der Waals surface area contributed by atoms with Crippen molar-refractivity contribution in [2.24, 2.45) is 4.99 Å². The number of hydrogen-bond donors (Lipinski definition) is 0. The van der Waals surface area contributed by atoms with Crippen molar-refractivity contribution in [3.05, 3.63) is 11.8 Å². The predicted octanol–water partition coefficient (Wildman–Crippen LogP) is 2.19. The van der Waals surface area contributed by atoms with E-state index in [0.717, 1.165) is 0 Å². The number of rotatable bonds is 0. The van der Waals surface area contributed by atoms with Gasteiger partial charge >= 0.3 is 0 Å². The molecule has 0 aliphatic heterocycles. The van der Waals surface area contributed by atoms with E-state index in [9.17, 15) is 0 Å². The third-order valence-corrected chi connectivity index (χ3v) is 0.600. The average Bonchev–Trinajstić information content (AvgIpc) is 1.63. The number of hydrogen-bond acceptors (Lipinski definition) is 1. The zero-order valence-electron chi connectivity index (χ0n) is 6.52. The fraction of sp³-hybridized carbons (Fsp3) is 0.625. The van der Waals surface area contributed by atoms with Crippen LogP contribution in [0.4, 0.5) is 0 Å². The summed E-state index contributed by atoms with van der Waals surface area (Å²) < 4.78 is 0. The highest BCUT2D eigenvalue weighted by Gasteiger charge is 2.03. The second kappa shape index (κ2) is 3.29. The molecule has 0 saturated carbocycles. The molecule has 0 aromatic carbocycles. The van der Waals surface area contributed by atoms with Gasteiger partial charge in [0, 0.05) is 5.87 Å². The van der Waals surface area contributed by atoms with Gasteiger partial charge in [0.05, 0.1) is 5.54 Å². The summed E-state index contributed by atoms with van der Waals surface area (Å²) in [5.74, 6) is 2.69. The average molecular weight is 123 g/mol. The lowest BCUT2D eigenvalue weighted by atomic mass is 10.1. The monoisotopic (exact) mass is 123 g/mol. The van der Waals surface area contributed by atoms with Crippen molar-refractivity contribution in [1.29, 1.82) is 0 Å². The molecule has 0 aliphatic carbocycles. The van der Waals surface area contributed by atoms with E-state index in [2.05, 4.69) is 16.6 Å². The van der Waals surface area contributed by atoms with Gasteiger partial charge in [-0.05, 0) is 33.8 Å². The summed E-state index contributed by atoms with van der Waals surface area (Å²) in [6.45, 7) is 7.97. The summed E-state index contributed by atoms with van der Waals surface area (Å²) in [5, 5.41) is 0. The van der Waals surface area contributed by atoms with Crippen LogP contribution in [0.5, 0.6) is 0 Å². The maximum absolute atomic E-state index is 4.05. The van der Waals surface area contributed by atoms with Crippen molar-refractivity contribution in [2.45, 2.75) is 33.2 Å². The predicted molar refractivity (Wildman–Crippen MR) is 40.9 cm³/mol. The fourth-order valence-electron chi connectivity index (χ4n) is 0.265. The Morgan fingerprint density at radius 2 is 1.89 bits per heavy atom. The van der Waals surface area contributed by atoms with Crippen LogP contribution in [0.3, 0.4) is 0 Å². The van der Waals surface area contributed by atoms with E-state index in [4.69, 9.17) is 0 Å². The van der Waals surface area contributed by atoms with Crippen LogP contribution in [-0.2, 0) is 0 Å². The molecule has 0 fully saturated rings.